The van der Waals surface area contributed by atoms with Gasteiger partial charge < -0.3 is 10.1 Å². The second-order valence-corrected chi connectivity index (χ2v) is 6.21. The van der Waals surface area contributed by atoms with Gasteiger partial charge in [-0.05, 0) is 18.2 Å². The zero-order chi connectivity index (χ0) is 18.0. The Labute approximate surface area is 157 Å². The lowest BCUT2D eigenvalue weighted by Crippen LogP contribution is -2.21. The topological polar surface area (TPSA) is 84.1 Å². The molecule has 0 atom stereocenters. The van der Waals surface area contributed by atoms with Crippen molar-refractivity contribution in [2.75, 3.05) is 11.9 Å². The SMILES string of the molecule is O=C(COC(=O)c1n[nH]c2ccccc12)Nc1cc(Cl)c(Cl)cc1Cl. The van der Waals surface area contributed by atoms with Crippen LogP contribution in [0, 0.1) is 0 Å². The summed E-state index contributed by atoms with van der Waals surface area (Å²) >= 11 is 17.7. The molecule has 128 valence electrons. The Balaban J connectivity index is 1.64. The Bertz CT molecular complexity index is 972. The summed E-state index contributed by atoms with van der Waals surface area (Å²) in [6.45, 7) is -0.503. The van der Waals surface area contributed by atoms with E-state index >= 15 is 0 Å². The summed E-state index contributed by atoms with van der Waals surface area (Å²) in [5.74, 6) is -1.29. The minimum atomic E-state index is -0.715. The normalized spacial score (nSPS) is 10.7. The lowest BCUT2D eigenvalue weighted by molar-refractivity contribution is -0.119. The van der Waals surface area contributed by atoms with Crippen LogP contribution in [0.5, 0.6) is 0 Å². The van der Waals surface area contributed by atoms with Crippen LogP contribution in [0.25, 0.3) is 10.9 Å². The van der Waals surface area contributed by atoms with Crippen LogP contribution in [-0.4, -0.2) is 28.7 Å². The van der Waals surface area contributed by atoms with E-state index in [0.29, 0.717) is 10.9 Å². The number of hydrogen-bond acceptors (Lipinski definition) is 4. The number of esters is 1. The van der Waals surface area contributed by atoms with Crippen LogP contribution in [0.15, 0.2) is 36.4 Å². The van der Waals surface area contributed by atoms with Gasteiger partial charge in [-0.3, -0.25) is 9.89 Å². The molecule has 0 unspecified atom stereocenters. The highest BCUT2D eigenvalue weighted by atomic mass is 35.5. The molecule has 0 spiro atoms. The number of amides is 1. The zero-order valence-corrected chi connectivity index (χ0v) is 14.7. The summed E-state index contributed by atoms with van der Waals surface area (Å²) in [7, 11) is 0. The highest BCUT2D eigenvalue weighted by Crippen LogP contribution is 2.32. The number of carbonyl (C=O) groups excluding carboxylic acids is 2. The summed E-state index contributed by atoms with van der Waals surface area (Å²) < 4.78 is 4.99. The first-order valence-corrected chi connectivity index (χ1v) is 8.13. The average Bonchev–Trinajstić information content (AvgIpc) is 3.02. The van der Waals surface area contributed by atoms with Crippen LogP contribution < -0.4 is 5.32 Å². The monoisotopic (exact) mass is 397 g/mol. The third-order valence-corrected chi connectivity index (χ3v) is 4.32. The van der Waals surface area contributed by atoms with Gasteiger partial charge in [-0.1, -0.05) is 53.0 Å². The molecule has 2 aromatic carbocycles. The molecule has 0 aliphatic heterocycles. The number of H-pyrrole nitrogens is 1. The summed E-state index contributed by atoms with van der Waals surface area (Å²) in [5, 5.41) is 10.5. The minimum Gasteiger partial charge on any atom is -0.451 e. The smallest absolute Gasteiger partial charge is 0.359 e. The quantitative estimate of drug-likeness (QED) is 0.506. The number of rotatable bonds is 4. The maximum absolute atomic E-state index is 12.1. The largest absolute Gasteiger partial charge is 0.451 e. The summed E-state index contributed by atoms with van der Waals surface area (Å²) in [4.78, 5) is 24.0. The molecule has 0 aliphatic rings. The standard InChI is InChI=1S/C16H10Cl3N3O3/c17-9-5-11(19)13(6-10(9)18)20-14(23)7-25-16(24)15-8-3-1-2-4-12(8)21-22-15/h1-6H,7H2,(H,20,23)(H,21,22). The fourth-order valence-electron chi connectivity index (χ4n) is 2.12. The Morgan fingerprint density at radius 3 is 2.60 bits per heavy atom. The molecule has 1 aromatic heterocycles. The van der Waals surface area contributed by atoms with Gasteiger partial charge in [0.05, 0.1) is 26.3 Å². The number of aromatic amines is 1. The fourth-order valence-corrected chi connectivity index (χ4v) is 2.72. The van der Waals surface area contributed by atoms with Crippen LogP contribution in [0.3, 0.4) is 0 Å². The third-order valence-electron chi connectivity index (χ3n) is 3.28. The lowest BCUT2D eigenvalue weighted by Gasteiger charge is -2.09. The Kier molecular flexibility index (Phi) is 5.13. The predicted molar refractivity (Wildman–Crippen MR) is 96.5 cm³/mol. The van der Waals surface area contributed by atoms with E-state index in [0.717, 1.165) is 0 Å². The first-order valence-electron chi connectivity index (χ1n) is 7.00. The van der Waals surface area contributed by atoms with Crippen LogP contribution >= 0.6 is 34.8 Å². The van der Waals surface area contributed by atoms with E-state index in [1.165, 1.54) is 12.1 Å². The molecule has 6 nitrogen and oxygen atoms in total. The van der Waals surface area contributed by atoms with Crippen molar-refractivity contribution in [3.8, 4) is 0 Å². The van der Waals surface area contributed by atoms with E-state index < -0.39 is 18.5 Å². The number of nitrogens with zero attached hydrogens (tertiary/aromatic N) is 1. The molecule has 0 saturated carbocycles. The zero-order valence-electron chi connectivity index (χ0n) is 12.5. The maximum atomic E-state index is 12.1. The number of halogens is 3. The maximum Gasteiger partial charge on any atom is 0.359 e. The highest BCUT2D eigenvalue weighted by molar-refractivity contribution is 6.44. The van der Waals surface area contributed by atoms with Crippen LogP contribution in [-0.2, 0) is 9.53 Å². The van der Waals surface area contributed by atoms with Gasteiger partial charge in [0.2, 0.25) is 0 Å². The van der Waals surface area contributed by atoms with E-state index in [4.69, 9.17) is 39.5 Å². The minimum absolute atomic E-state index is 0.107. The van der Waals surface area contributed by atoms with Crippen molar-refractivity contribution in [2.24, 2.45) is 0 Å². The van der Waals surface area contributed by atoms with Gasteiger partial charge in [0.15, 0.2) is 12.3 Å². The average molecular weight is 399 g/mol. The first-order chi connectivity index (χ1) is 12.0. The molecule has 0 radical (unpaired) electrons. The third kappa shape index (κ3) is 3.87. The van der Waals surface area contributed by atoms with Gasteiger partial charge in [0, 0.05) is 5.39 Å². The number of aromatic nitrogens is 2. The number of nitrogens with one attached hydrogen (secondary N) is 2. The van der Waals surface area contributed by atoms with E-state index in [2.05, 4.69) is 15.5 Å². The van der Waals surface area contributed by atoms with Crippen molar-refractivity contribution in [2.45, 2.75) is 0 Å². The van der Waals surface area contributed by atoms with Crippen molar-refractivity contribution >= 4 is 63.3 Å². The van der Waals surface area contributed by atoms with E-state index in [1.807, 2.05) is 6.07 Å². The van der Waals surface area contributed by atoms with Crippen LogP contribution in [0.1, 0.15) is 10.5 Å². The number of hydrogen-bond donors (Lipinski definition) is 2. The predicted octanol–water partition coefficient (Wildman–Crippen LogP) is 4.32. The van der Waals surface area contributed by atoms with Gasteiger partial charge >= 0.3 is 5.97 Å². The number of anilines is 1. The van der Waals surface area contributed by atoms with Gasteiger partial charge in [-0.15, -0.1) is 0 Å². The number of benzene rings is 2. The molecule has 3 aromatic rings. The van der Waals surface area contributed by atoms with Gasteiger partial charge in [0.1, 0.15) is 0 Å². The number of fused-ring (bicyclic) bond motifs is 1. The van der Waals surface area contributed by atoms with Crippen LogP contribution in [0.2, 0.25) is 15.1 Å². The molecule has 0 aliphatic carbocycles. The summed E-state index contributed by atoms with van der Waals surface area (Å²) in [5.41, 5.74) is 1.07. The highest BCUT2D eigenvalue weighted by Gasteiger charge is 2.17. The number of para-hydroxylation sites is 1. The first kappa shape index (κ1) is 17.5. The Hall–Kier alpha value is -2.28. The molecule has 9 heteroatoms. The molecule has 2 N–H and O–H groups in total. The number of carbonyl (C=O) groups is 2. The van der Waals surface area contributed by atoms with Gasteiger partial charge in [-0.2, -0.15) is 5.10 Å². The van der Waals surface area contributed by atoms with Crippen molar-refractivity contribution in [1.29, 1.82) is 0 Å². The second kappa shape index (κ2) is 7.31. The van der Waals surface area contributed by atoms with Gasteiger partial charge in [0.25, 0.3) is 5.91 Å². The summed E-state index contributed by atoms with van der Waals surface area (Å²) in [6, 6.07) is 9.90. The van der Waals surface area contributed by atoms with E-state index in [-0.39, 0.29) is 26.4 Å². The van der Waals surface area contributed by atoms with Crippen molar-refractivity contribution in [3.05, 3.63) is 57.2 Å². The molecule has 0 saturated heterocycles. The van der Waals surface area contributed by atoms with Crippen molar-refractivity contribution < 1.29 is 14.3 Å². The molecule has 1 amide bonds. The molecule has 3 rings (SSSR count). The number of ether oxygens (including phenoxy) is 1. The molecule has 25 heavy (non-hydrogen) atoms. The summed E-state index contributed by atoms with van der Waals surface area (Å²) in [6.07, 6.45) is 0. The molecular weight excluding hydrogens is 389 g/mol. The fraction of sp³-hybridized carbons (Fsp3) is 0.0625. The van der Waals surface area contributed by atoms with E-state index in [9.17, 15) is 9.59 Å². The Morgan fingerprint density at radius 2 is 1.80 bits per heavy atom. The van der Waals surface area contributed by atoms with Gasteiger partial charge in [-0.25, -0.2) is 4.79 Å². The van der Waals surface area contributed by atoms with Crippen molar-refractivity contribution in [1.82, 2.24) is 10.2 Å². The van der Waals surface area contributed by atoms with E-state index in [1.54, 1.807) is 18.2 Å². The molecule has 0 fully saturated rings. The second-order valence-electron chi connectivity index (χ2n) is 4.99. The van der Waals surface area contributed by atoms with Crippen molar-refractivity contribution in [3.63, 3.8) is 0 Å². The molecule has 0 bridgehead atoms. The molecule has 1 heterocycles. The Morgan fingerprint density at radius 1 is 1.08 bits per heavy atom. The molecular formula is C16H10Cl3N3O3. The van der Waals surface area contributed by atoms with Crippen LogP contribution in [0.4, 0.5) is 5.69 Å². The lowest BCUT2D eigenvalue weighted by atomic mass is 10.2.